The van der Waals surface area contributed by atoms with Gasteiger partial charge in [-0.05, 0) is 31.0 Å². The van der Waals surface area contributed by atoms with E-state index in [0.717, 1.165) is 31.0 Å². The molecule has 28 heavy (non-hydrogen) atoms. The highest BCUT2D eigenvalue weighted by Crippen LogP contribution is 2.37. The van der Waals surface area contributed by atoms with E-state index in [1.165, 1.54) is 0 Å². The molecular formula is C18H33N5O4Si. The quantitative estimate of drug-likeness (QED) is 0.385. The molecule has 0 aromatic carbocycles. The van der Waals surface area contributed by atoms with Crippen molar-refractivity contribution in [2.75, 3.05) is 26.2 Å². The van der Waals surface area contributed by atoms with E-state index in [1.54, 1.807) is 4.90 Å². The summed E-state index contributed by atoms with van der Waals surface area (Å²) in [6.45, 7) is 13.9. The van der Waals surface area contributed by atoms with Crippen molar-refractivity contribution >= 4 is 14.3 Å². The lowest BCUT2D eigenvalue weighted by molar-refractivity contribution is -0.0584. The predicted octanol–water partition coefficient (Wildman–Crippen LogP) is 2.55. The van der Waals surface area contributed by atoms with Crippen molar-refractivity contribution in [1.29, 1.82) is 0 Å². The van der Waals surface area contributed by atoms with Gasteiger partial charge in [-0.15, -0.1) is 10.2 Å². The zero-order chi connectivity index (χ0) is 20.5. The Balaban J connectivity index is 1.41. The van der Waals surface area contributed by atoms with E-state index < -0.39 is 8.32 Å². The number of urea groups is 1. The molecule has 2 aliphatic rings. The molecule has 2 aliphatic heterocycles. The fourth-order valence-corrected chi connectivity index (χ4v) is 4.37. The van der Waals surface area contributed by atoms with Crippen LogP contribution in [0.4, 0.5) is 4.79 Å². The van der Waals surface area contributed by atoms with Crippen LogP contribution < -0.4 is 5.32 Å². The van der Waals surface area contributed by atoms with Crippen molar-refractivity contribution in [1.82, 2.24) is 25.5 Å². The second-order valence-corrected chi connectivity index (χ2v) is 14.0. The van der Waals surface area contributed by atoms with Gasteiger partial charge in [-0.2, -0.15) is 0 Å². The number of aromatic nitrogens is 2. The zero-order valence-corrected chi connectivity index (χ0v) is 18.6. The number of hydroxylamine groups is 2. The van der Waals surface area contributed by atoms with Crippen molar-refractivity contribution in [2.24, 2.45) is 0 Å². The van der Waals surface area contributed by atoms with Crippen molar-refractivity contribution in [3.05, 3.63) is 11.8 Å². The van der Waals surface area contributed by atoms with Crippen molar-refractivity contribution in [2.45, 2.75) is 70.2 Å². The molecule has 1 aromatic heterocycles. The second kappa shape index (κ2) is 8.09. The van der Waals surface area contributed by atoms with Gasteiger partial charge in [0.2, 0.25) is 11.8 Å². The molecule has 158 valence electrons. The third-order valence-electron chi connectivity index (χ3n) is 6.18. The Hall–Kier alpha value is -1.49. The van der Waals surface area contributed by atoms with Crippen LogP contribution in [0.2, 0.25) is 18.1 Å². The lowest BCUT2D eigenvalue weighted by atomic mass is 10.0. The molecule has 2 bridgehead atoms. The van der Waals surface area contributed by atoms with Crippen molar-refractivity contribution < 1.29 is 18.8 Å². The Bertz CT molecular complexity index is 690. The summed E-state index contributed by atoms with van der Waals surface area (Å²) in [5, 5.41) is 22.4. The van der Waals surface area contributed by atoms with Gasteiger partial charge in [-0.25, -0.2) is 9.86 Å². The van der Waals surface area contributed by atoms with Gasteiger partial charge in [0.1, 0.15) is 6.04 Å². The van der Waals surface area contributed by atoms with E-state index in [2.05, 4.69) is 49.4 Å². The first-order valence-corrected chi connectivity index (χ1v) is 13.0. The van der Waals surface area contributed by atoms with Gasteiger partial charge in [0, 0.05) is 32.7 Å². The fourth-order valence-electron chi connectivity index (χ4n) is 3.32. The Morgan fingerprint density at radius 2 is 2.04 bits per heavy atom. The largest absolute Gasteiger partial charge is 0.423 e. The Labute approximate surface area is 167 Å². The standard InChI is InChI=1S/C18H33N5O4Si/c1-18(2,3)28(4,5)26-11-10-19-9-8-15-20-21-16(27-15)14-7-6-13-12-22(14)17(24)23(13)25/h13-14,19,25H,6-12H2,1-5H3/t13?,14-/m0/s1. The van der Waals surface area contributed by atoms with E-state index in [4.69, 9.17) is 8.84 Å². The fraction of sp³-hybridized carbons (Fsp3) is 0.833. The van der Waals surface area contributed by atoms with Crippen LogP contribution in [0.3, 0.4) is 0 Å². The van der Waals surface area contributed by atoms with Gasteiger partial charge in [-0.3, -0.25) is 5.21 Å². The van der Waals surface area contributed by atoms with Crippen LogP contribution in [0.25, 0.3) is 0 Å². The first kappa shape index (κ1) is 21.2. The van der Waals surface area contributed by atoms with Crippen LogP contribution in [0.15, 0.2) is 4.42 Å². The second-order valence-electron chi connectivity index (χ2n) is 9.17. The van der Waals surface area contributed by atoms with Gasteiger partial charge in [0.05, 0.1) is 6.04 Å². The molecule has 0 saturated carbocycles. The normalized spacial score (nSPS) is 23.0. The van der Waals surface area contributed by atoms with Gasteiger partial charge in [0.15, 0.2) is 8.32 Å². The molecular weight excluding hydrogens is 378 g/mol. The number of amides is 2. The maximum Gasteiger partial charge on any atom is 0.344 e. The van der Waals surface area contributed by atoms with Gasteiger partial charge >= 0.3 is 6.03 Å². The molecule has 2 saturated heterocycles. The lowest BCUT2D eigenvalue weighted by Gasteiger charge is -2.36. The van der Waals surface area contributed by atoms with Gasteiger partial charge in [0.25, 0.3) is 0 Å². The first-order valence-electron chi connectivity index (χ1n) is 10.1. The van der Waals surface area contributed by atoms with E-state index in [-0.39, 0.29) is 23.2 Å². The summed E-state index contributed by atoms with van der Waals surface area (Å²) in [6.07, 6.45) is 2.08. The van der Waals surface area contributed by atoms with Gasteiger partial charge in [-0.1, -0.05) is 20.8 Å². The minimum atomic E-state index is -1.70. The maximum absolute atomic E-state index is 12.1. The number of rotatable bonds is 8. The number of carbonyl (C=O) groups is 1. The number of piperidine rings is 1. The molecule has 1 aromatic rings. The molecule has 3 rings (SSSR count). The number of carbonyl (C=O) groups excluding carboxylic acids is 1. The Kier molecular flexibility index (Phi) is 6.13. The lowest BCUT2D eigenvalue weighted by Crippen LogP contribution is -2.42. The molecule has 3 heterocycles. The summed E-state index contributed by atoms with van der Waals surface area (Å²) in [7, 11) is -1.70. The Morgan fingerprint density at radius 1 is 1.29 bits per heavy atom. The molecule has 0 spiro atoms. The molecule has 2 atom stereocenters. The van der Waals surface area contributed by atoms with E-state index in [1.807, 2.05) is 0 Å². The summed E-state index contributed by atoms with van der Waals surface area (Å²) >= 11 is 0. The van der Waals surface area contributed by atoms with Crippen LogP contribution in [0, 0.1) is 0 Å². The average Bonchev–Trinajstić information content (AvgIpc) is 3.17. The molecule has 2 N–H and O–H groups in total. The van der Waals surface area contributed by atoms with Crippen LogP contribution in [0.5, 0.6) is 0 Å². The third-order valence-corrected chi connectivity index (χ3v) is 10.7. The molecule has 1 unspecified atom stereocenters. The number of fused-ring (bicyclic) bond motifs is 2. The predicted molar refractivity (Wildman–Crippen MR) is 106 cm³/mol. The van der Waals surface area contributed by atoms with E-state index in [9.17, 15) is 10.0 Å². The third kappa shape index (κ3) is 4.40. The highest BCUT2D eigenvalue weighted by atomic mass is 28.4. The highest BCUT2D eigenvalue weighted by molar-refractivity contribution is 6.74. The molecule has 2 amide bonds. The SMILES string of the molecule is CC(C)(C)[Si](C)(C)OCCNCCc1nnc([C@@H]2CCC3CN2C(=O)N3O)o1. The molecule has 2 fully saturated rings. The van der Waals surface area contributed by atoms with E-state index in [0.29, 0.717) is 31.4 Å². The summed E-state index contributed by atoms with van der Waals surface area (Å²) in [5.74, 6) is 1.01. The molecule has 9 nitrogen and oxygen atoms in total. The minimum absolute atomic E-state index is 0.121. The summed E-state index contributed by atoms with van der Waals surface area (Å²) in [6, 6.07) is -0.743. The molecule has 10 heteroatoms. The first-order chi connectivity index (χ1) is 13.1. The average molecular weight is 412 g/mol. The minimum Gasteiger partial charge on any atom is -0.423 e. The van der Waals surface area contributed by atoms with Crippen molar-refractivity contribution in [3.63, 3.8) is 0 Å². The van der Waals surface area contributed by atoms with Crippen molar-refractivity contribution in [3.8, 4) is 0 Å². The van der Waals surface area contributed by atoms with Crippen LogP contribution in [0.1, 0.15) is 51.4 Å². The van der Waals surface area contributed by atoms with Crippen LogP contribution in [-0.2, 0) is 10.8 Å². The summed E-state index contributed by atoms with van der Waals surface area (Å²) < 4.78 is 11.9. The van der Waals surface area contributed by atoms with Crippen LogP contribution >= 0.6 is 0 Å². The van der Waals surface area contributed by atoms with Gasteiger partial charge < -0.3 is 19.1 Å². The smallest absolute Gasteiger partial charge is 0.344 e. The molecule has 0 radical (unpaired) electrons. The van der Waals surface area contributed by atoms with Crippen LogP contribution in [-0.4, -0.2) is 72.0 Å². The number of hydrogen-bond donors (Lipinski definition) is 2. The Morgan fingerprint density at radius 3 is 2.75 bits per heavy atom. The highest BCUT2D eigenvalue weighted by Gasteiger charge is 2.46. The molecule has 0 aliphatic carbocycles. The summed E-state index contributed by atoms with van der Waals surface area (Å²) in [5.41, 5.74) is 0. The maximum atomic E-state index is 12.1. The number of nitrogens with one attached hydrogen (secondary N) is 1. The van der Waals surface area contributed by atoms with E-state index >= 15 is 0 Å². The zero-order valence-electron chi connectivity index (χ0n) is 17.6. The monoisotopic (exact) mass is 411 g/mol. The summed E-state index contributed by atoms with van der Waals surface area (Å²) in [4.78, 5) is 13.7. The topological polar surface area (TPSA) is 104 Å². The number of hydrogen-bond acceptors (Lipinski definition) is 7. The number of nitrogens with zero attached hydrogens (tertiary/aromatic N) is 4.